The van der Waals surface area contributed by atoms with E-state index in [1.165, 1.54) is 11.8 Å². The van der Waals surface area contributed by atoms with Crippen molar-refractivity contribution < 1.29 is 9.53 Å². The number of ether oxygens (including phenoxy) is 1. The molecule has 0 atom stereocenters. The highest BCUT2D eigenvalue weighted by atomic mass is 79.9. The quantitative estimate of drug-likeness (QED) is 0.338. The van der Waals surface area contributed by atoms with Gasteiger partial charge < -0.3 is 9.64 Å². The standard InChI is InChI=1S/C25H20BrN3O2S2/c1-15-4-10-18(11-5-15)29-23(30)22(33-25(29)27-17-8-6-16(26)7-9-17)24-28(2)20-14-19(31-3)12-13-21(20)32-24/h4-14H,1-3H3/b24-22-,27-25?. The molecule has 2 aliphatic rings. The van der Waals surface area contributed by atoms with Crippen LogP contribution in [0.1, 0.15) is 5.56 Å². The van der Waals surface area contributed by atoms with E-state index in [1.54, 1.807) is 23.8 Å². The van der Waals surface area contributed by atoms with Crippen molar-refractivity contribution in [3.05, 3.63) is 86.7 Å². The first-order valence-corrected chi connectivity index (χ1v) is 12.6. The number of benzene rings is 3. The van der Waals surface area contributed by atoms with E-state index in [9.17, 15) is 4.79 Å². The Bertz CT molecular complexity index is 1300. The van der Waals surface area contributed by atoms with E-state index in [0.29, 0.717) is 10.1 Å². The van der Waals surface area contributed by atoms with Crippen molar-refractivity contribution in [2.45, 2.75) is 11.8 Å². The van der Waals surface area contributed by atoms with Crippen LogP contribution in [0.25, 0.3) is 0 Å². The molecule has 0 saturated carbocycles. The number of methoxy groups -OCH3 is 1. The fourth-order valence-corrected chi connectivity index (χ4v) is 6.17. The molecule has 0 unspecified atom stereocenters. The predicted molar refractivity (Wildman–Crippen MR) is 142 cm³/mol. The van der Waals surface area contributed by atoms with Crippen LogP contribution >= 0.6 is 39.5 Å². The Balaban J connectivity index is 1.59. The maximum atomic E-state index is 13.7. The lowest BCUT2D eigenvalue weighted by Gasteiger charge is -2.17. The number of fused-ring (bicyclic) bond motifs is 1. The predicted octanol–water partition coefficient (Wildman–Crippen LogP) is 6.94. The summed E-state index contributed by atoms with van der Waals surface area (Å²) in [5.41, 5.74) is 3.75. The molecule has 33 heavy (non-hydrogen) atoms. The summed E-state index contributed by atoms with van der Waals surface area (Å²) in [4.78, 5) is 24.1. The number of amidine groups is 1. The number of amides is 1. The van der Waals surface area contributed by atoms with Gasteiger partial charge in [-0.1, -0.05) is 45.4 Å². The summed E-state index contributed by atoms with van der Waals surface area (Å²) < 4.78 is 6.37. The highest BCUT2D eigenvalue weighted by Crippen LogP contribution is 2.51. The topological polar surface area (TPSA) is 45.1 Å². The molecule has 5 rings (SSSR count). The summed E-state index contributed by atoms with van der Waals surface area (Å²) in [5.74, 6) is 0.713. The van der Waals surface area contributed by atoms with Crippen molar-refractivity contribution >= 4 is 67.6 Å². The molecule has 0 spiro atoms. The molecule has 1 saturated heterocycles. The number of aryl methyl sites for hydroxylation is 1. The molecule has 166 valence electrons. The molecule has 1 amide bonds. The number of carbonyl (C=O) groups is 1. The number of aliphatic imine (C=N–C) groups is 1. The third kappa shape index (κ3) is 4.18. The van der Waals surface area contributed by atoms with Gasteiger partial charge in [-0.05, 0) is 67.2 Å². The maximum absolute atomic E-state index is 13.7. The van der Waals surface area contributed by atoms with Crippen LogP contribution in [0.3, 0.4) is 0 Å². The van der Waals surface area contributed by atoms with E-state index in [0.717, 1.165) is 42.8 Å². The number of halogens is 1. The minimum Gasteiger partial charge on any atom is -0.497 e. The first-order valence-electron chi connectivity index (χ1n) is 10.2. The summed E-state index contributed by atoms with van der Waals surface area (Å²) in [6.45, 7) is 2.03. The average Bonchev–Trinajstić information content (AvgIpc) is 3.31. The fraction of sp³-hybridized carbons (Fsp3) is 0.120. The third-order valence-corrected chi connectivity index (χ3v) is 8.28. The molecule has 0 aromatic heterocycles. The second-order valence-electron chi connectivity index (χ2n) is 7.58. The van der Waals surface area contributed by atoms with Gasteiger partial charge in [0, 0.05) is 22.5 Å². The van der Waals surface area contributed by atoms with Crippen LogP contribution in [0.4, 0.5) is 17.1 Å². The highest BCUT2D eigenvalue weighted by Gasteiger charge is 2.40. The van der Waals surface area contributed by atoms with Crippen molar-refractivity contribution in [3.63, 3.8) is 0 Å². The Morgan fingerprint density at radius 3 is 2.39 bits per heavy atom. The lowest BCUT2D eigenvalue weighted by molar-refractivity contribution is -0.113. The first kappa shape index (κ1) is 22.1. The molecule has 2 aliphatic heterocycles. The van der Waals surface area contributed by atoms with Crippen LogP contribution in [-0.4, -0.2) is 25.2 Å². The number of thioether (sulfide) groups is 2. The number of anilines is 2. The molecule has 0 radical (unpaired) electrons. The Morgan fingerprint density at radius 1 is 0.970 bits per heavy atom. The van der Waals surface area contributed by atoms with Gasteiger partial charge in [0.15, 0.2) is 5.17 Å². The molecule has 3 aromatic rings. The second-order valence-corrected chi connectivity index (χ2v) is 10.5. The first-order chi connectivity index (χ1) is 15.9. The van der Waals surface area contributed by atoms with Gasteiger partial charge >= 0.3 is 0 Å². The minimum absolute atomic E-state index is 0.0752. The Labute approximate surface area is 209 Å². The van der Waals surface area contributed by atoms with E-state index in [2.05, 4.69) is 20.8 Å². The summed E-state index contributed by atoms with van der Waals surface area (Å²) in [7, 11) is 3.64. The zero-order valence-corrected chi connectivity index (χ0v) is 21.4. The molecule has 0 aliphatic carbocycles. The number of hydrogen-bond acceptors (Lipinski definition) is 6. The molecule has 1 fully saturated rings. The Hall–Kier alpha value is -2.68. The Kier molecular flexibility index (Phi) is 5.99. The lowest BCUT2D eigenvalue weighted by Crippen LogP contribution is -2.29. The van der Waals surface area contributed by atoms with Crippen LogP contribution in [-0.2, 0) is 4.79 Å². The van der Waals surface area contributed by atoms with Gasteiger partial charge in [-0.2, -0.15) is 0 Å². The van der Waals surface area contributed by atoms with Crippen molar-refractivity contribution in [3.8, 4) is 5.75 Å². The third-order valence-electron chi connectivity index (χ3n) is 5.36. The fourth-order valence-electron chi connectivity index (χ4n) is 3.58. The molecule has 5 nitrogen and oxygen atoms in total. The minimum atomic E-state index is -0.0752. The zero-order valence-electron chi connectivity index (χ0n) is 18.2. The van der Waals surface area contributed by atoms with Crippen LogP contribution in [0, 0.1) is 6.92 Å². The molecule has 3 aromatic carbocycles. The second kappa shape index (κ2) is 8.93. The summed E-state index contributed by atoms with van der Waals surface area (Å²) in [5, 5.41) is 1.53. The van der Waals surface area contributed by atoms with Crippen LogP contribution < -0.4 is 14.5 Å². The van der Waals surface area contributed by atoms with Gasteiger partial charge in [-0.3, -0.25) is 9.69 Å². The summed E-state index contributed by atoms with van der Waals surface area (Å²) >= 11 is 6.47. The maximum Gasteiger partial charge on any atom is 0.274 e. The van der Waals surface area contributed by atoms with Gasteiger partial charge in [-0.25, -0.2) is 4.99 Å². The lowest BCUT2D eigenvalue weighted by atomic mass is 10.2. The normalized spacial score (nSPS) is 18.9. The van der Waals surface area contributed by atoms with Gasteiger partial charge in [-0.15, -0.1) is 0 Å². The number of hydrogen-bond donors (Lipinski definition) is 0. The largest absolute Gasteiger partial charge is 0.497 e. The number of carbonyl (C=O) groups excluding carboxylic acids is 1. The van der Waals surface area contributed by atoms with Crippen molar-refractivity contribution in [2.75, 3.05) is 24.0 Å². The molecular formula is C25H20BrN3O2S2. The van der Waals surface area contributed by atoms with Crippen LogP contribution in [0.15, 0.2) is 91.0 Å². The molecule has 0 N–H and O–H groups in total. The number of rotatable bonds is 3. The van der Waals surface area contributed by atoms with E-state index >= 15 is 0 Å². The smallest absolute Gasteiger partial charge is 0.274 e. The van der Waals surface area contributed by atoms with E-state index in [4.69, 9.17) is 9.73 Å². The highest BCUT2D eigenvalue weighted by molar-refractivity contribution is 9.10. The molecule has 2 heterocycles. The zero-order chi connectivity index (χ0) is 23.1. The van der Waals surface area contributed by atoms with E-state index < -0.39 is 0 Å². The van der Waals surface area contributed by atoms with E-state index in [-0.39, 0.29) is 5.91 Å². The van der Waals surface area contributed by atoms with Gasteiger partial charge in [0.05, 0.1) is 29.2 Å². The average molecular weight is 538 g/mol. The molecule has 8 heteroatoms. The van der Waals surface area contributed by atoms with Gasteiger partial charge in [0.1, 0.15) is 10.7 Å². The van der Waals surface area contributed by atoms with Crippen LogP contribution in [0.5, 0.6) is 5.75 Å². The van der Waals surface area contributed by atoms with E-state index in [1.807, 2.05) is 80.7 Å². The van der Waals surface area contributed by atoms with Crippen LogP contribution in [0.2, 0.25) is 0 Å². The van der Waals surface area contributed by atoms with Crippen molar-refractivity contribution in [1.29, 1.82) is 0 Å². The summed E-state index contributed by atoms with van der Waals surface area (Å²) in [6.07, 6.45) is 0. The molecular weight excluding hydrogens is 518 g/mol. The monoisotopic (exact) mass is 537 g/mol. The van der Waals surface area contributed by atoms with Crippen molar-refractivity contribution in [2.24, 2.45) is 4.99 Å². The SMILES string of the molecule is COc1ccc2c(c1)N(C)/C(=C1/SC(=Nc3ccc(Br)cc3)N(c3ccc(C)cc3)C1=O)S2. The number of nitrogens with zero attached hydrogens (tertiary/aromatic N) is 3. The van der Waals surface area contributed by atoms with Crippen molar-refractivity contribution in [1.82, 2.24) is 0 Å². The molecule has 0 bridgehead atoms. The Morgan fingerprint density at radius 2 is 1.70 bits per heavy atom. The summed E-state index contributed by atoms with van der Waals surface area (Å²) in [6, 6.07) is 21.7. The van der Waals surface area contributed by atoms with Gasteiger partial charge in [0.2, 0.25) is 0 Å². The van der Waals surface area contributed by atoms with Gasteiger partial charge in [0.25, 0.3) is 5.91 Å².